The van der Waals surface area contributed by atoms with Crippen LogP contribution in [0, 0.1) is 0 Å². The summed E-state index contributed by atoms with van der Waals surface area (Å²) < 4.78 is 2.02. The van der Waals surface area contributed by atoms with E-state index in [1.54, 1.807) is 0 Å². The van der Waals surface area contributed by atoms with E-state index < -0.39 is 0 Å². The molecular weight excluding hydrogens is 226 g/mol. The third-order valence-electron chi connectivity index (χ3n) is 3.69. The molecule has 18 heavy (non-hydrogen) atoms. The summed E-state index contributed by atoms with van der Waals surface area (Å²) in [5.41, 5.74) is 7.22. The fourth-order valence-corrected chi connectivity index (χ4v) is 2.53. The van der Waals surface area contributed by atoms with Gasteiger partial charge in [-0.15, -0.1) is 0 Å². The Bertz CT molecular complexity index is 354. The van der Waals surface area contributed by atoms with Crippen LogP contribution in [0.5, 0.6) is 0 Å². The number of hydrogen-bond acceptors (Lipinski definition) is 4. The summed E-state index contributed by atoms with van der Waals surface area (Å²) in [6, 6.07) is 0.323. The SMILES string of the molecule is CCCn1cc(C(CN)N2CCN(C)CC2)cn1. The molecule has 5 nitrogen and oxygen atoms in total. The maximum absolute atomic E-state index is 5.96. The van der Waals surface area contributed by atoms with E-state index in [1.165, 1.54) is 5.56 Å². The van der Waals surface area contributed by atoms with Crippen LogP contribution < -0.4 is 5.73 Å². The van der Waals surface area contributed by atoms with Crippen LogP contribution in [-0.2, 0) is 6.54 Å². The van der Waals surface area contributed by atoms with Gasteiger partial charge < -0.3 is 10.6 Å². The molecule has 2 N–H and O–H groups in total. The number of likely N-dealkylation sites (N-methyl/N-ethyl adjacent to an activating group) is 1. The van der Waals surface area contributed by atoms with Crippen LogP contribution in [0.2, 0.25) is 0 Å². The van der Waals surface area contributed by atoms with E-state index in [4.69, 9.17) is 5.73 Å². The normalized spacial score (nSPS) is 20.2. The molecule has 1 aromatic heterocycles. The Hall–Kier alpha value is -0.910. The Balaban J connectivity index is 2.02. The van der Waals surface area contributed by atoms with Crippen molar-refractivity contribution in [1.82, 2.24) is 19.6 Å². The van der Waals surface area contributed by atoms with Gasteiger partial charge in [0, 0.05) is 51.0 Å². The predicted molar refractivity (Wildman–Crippen MR) is 73.4 cm³/mol. The Morgan fingerprint density at radius 2 is 2.06 bits per heavy atom. The zero-order valence-corrected chi connectivity index (χ0v) is 11.5. The van der Waals surface area contributed by atoms with Crippen molar-refractivity contribution in [2.75, 3.05) is 39.8 Å². The number of hydrogen-bond donors (Lipinski definition) is 1. The highest BCUT2D eigenvalue weighted by Crippen LogP contribution is 2.20. The molecule has 0 amide bonds. The van der Waals surface area contributed by atoms with Gasteiger partial charge in [-0.1, -0.05) is 6.92 Å². The average molecular weight is 251 g/mol. The molecule has 2 heterocycles. The van der Waals surface area contributed by atoms with Crippen molar-refractivity contribution in [3.05, 3.63) is 18.0 Å². The van der Waals surface area contributed by atoms with Crippen LogP contribution >= 0.6 is 0 Å². The van der Waals surface area contributed by atoms with Crippen molar-refractivity contribution in [3.8, 4) is 0 Å². The van der Waals surface area contributed by atoms with Crippen molar-refractivity contribution < 1.29 is 0 Å². The largest absolute Gasteiger partial charge is 0.329 e. The molecule has 5 heteroatoms. The molecule has 0 aliphatic carbocycles. The molecule has 1 aliphatic rings. The molecule has 1 saturated heterocycles. The molecule has 1 aromatic rings. The molecule has 2 rings (SSSR count). The zero-order valence-electron chi connectivity index (χ0n) is 11.5. The van der Waals surface area contributed by atoms with Gasteiger partial charge in [0.1, 0.15) is 0 Å². The van der Waals surface area contributed by atoms with Gasteiger partial charge >= 0.3 is 0 Å². The molecular formula is C13H25N5. The number of aromatic nitrogens is 2. The number of nitrogens with zero attached hydrogens (tertiary/aromatic N) is 4. The highest BCUT2D eigenvalue weighted by molar-refractivity contribution is 5.11. The standard InChI is InChI=1S/C13H25N5/c1-3-4-18-11-12(10-15-18)13(9-14)17-7-5-16(2)6-8-17/h10-11,13H,3-9,14H2,1-2H3. The average Bonchev–Trinajstić information content (AvgIpc) is 2.82. The van der Waals surface area contributed by atoms with E-state index in [1.807, 2.05) is 10.9 Å². The molecule has 0 bridgehead atoms. The molecule has 0 saturated carbocycles. The third-order valence-corrected chi connectivity index (χ3v) is 3.69. The molecule has 0 radical (unpaired) electrons. The fraction of sp³-hybridized carbons (Fsp3) is 0.769. The first-order valence-electron chi connectivity index (χ1n) is 6.89. The summed E-state index contributed by atoms with van der Waals surface area (Å²) in [7, 11) is 2.17. The maximum Gasteiger partial charge on any atom is 0.0538 e. The monoisotopic (exact) mass is 251 g/mol. The van der Waals surface area contributed by atoms with E-state index in [0.29, 0.717) is 12.6 Å². The third kappa shape index (κ3) is 3.10. The lowest BCUT2D eigenvalue weighted by Gasteiger charge is -2.37. The number of piperazine rings is 1. The van der Waals surface area contributed by atoms with E-state index in [2.05, 4.69) is 35.1 Å². The van der Waals surface area contributed by atoms with Crippen LogP contribution in [0.3, 0.4) is 0 Å². The predicted octanol–water partition coefficient (Wildman–Crippen LogP) is 0.540. The Labute approximate surface area is 110 Å². The van der Waals surface area contributed by atoms with Crippen LogP contribution in [0.15, 0.2) is 12.4 Å². The van der Waals surface area contributed by atoms with E-state index >= 15 is 0 Å². The molecule has 0 spiro atoms. The summed E-state index contributed by atoms with van der Waals surface area (Å²) in [5, 5.41) is 4.41. The fourth-order valence-electron chi connectivity index (χ4n) is 2.53. The number of aryl methyl sites for hydroxylation is 1. The minimum Gasteiger partial charge on any atom is -0.329 e. The second kappa shape index (κ2) is 6.31. The summed E-state index contributed by atoms with van der Waals surface area (Å²) in [4.78, 5) is 4.85. The second-order valence-electron chi connectivity index (χ2n) is 5.13. The topological polar surface area (TPSA) is 50.3 Å². The zero-order chi connectivity index (χ0) is 13.0. The molecule has 0 aromatic carbocycles. The quantitative estimate of drug-likeness (QED) is 0.830. The van der Waals surface area contributed by atoms with Crippen molar-refractivity contribution in [1.29, 1.82) is 0 Å². The Morgan fingerprint density at radius 3 is 2.67 bits per heavy atom. The lowest BCUT2D eigenvalue weighted by atomic mass is 10.1. The molecule has 1 fully saturated rings. The van der Waals surface area contributed by atoms with Crippen molar-refractivity contribution in [2.45, 2.75) is 25.9 Å². The summed E-state index contributed by atoms with van der Waals surface area (Å²) in [6.45, 7) is 8.26. The number of rotatable bonds is 5. The summed E-state index contributed by atoms with van der Waals surface area (Å²) >= 11 is 0. The first kappa shape index (κ1) is 13.5. The van der Waals surface area contributed by atoms with Gasteiger partial charge in [-0.3, -0.25) is 9.58 Å². The van der Waals surface area contributed by atoms with Crippen LogP contribution in [0.4, 0.5) is 0 Å². The summed E-state index contributed by atoms with van der Waals surface area (Å²) in [5.74, 6) is 0. The van der Waals surface area contributed by atoms with Gasteiger partial charge in [0.25, 0.3) is 0 Å². The Morgan fingerprint density at radius 1 is 1.33 bits per heavy atom. The van der Waals surface area contributed by atoms with Gasteiger partial charge in [-0.05, 0) is 13.5 Å². The van der Waals surface area contributed by atoms with Gasteiger partial charge in [0.05, 0.1) is 12.2 Å². The lowest BCUT2D eigenvalue weighted by Crippen LogP contribution is -2.47. The smallest absolute Gasteiger partial charge is 0.0538 e. The minimum atomic E-state index is 0.323. The maximum atomic E-state index is 5.96. The number of nitrogens with two attached hydrogens (primary N) is 1. The van der Waals surface area contributed by atoms with Gasteiger partial charge in [0.2, 0.25) is 0 Å². The van der Waals surface area contributed by atoms with Crippen molar-refractivity contribution in [2.24, 2.45) is 5.73 Å². The first-order chi connectivity index (χ1) is 8.74. The van der Waals surface area contributed by atoms with Crippen molar-refractivity contribution in [3.63, 3.8) is 0 Å². The molecule has 1 aliphatic heterocycles. The van der Waals surface area contributed by atoms with E-state index in [-0.39, 0.29) is 0 Å². The minimum absolute atomic E-state index is 0.323. The van der Waals surface area contributed by atoms with Crippen molar-refractivity contribution >= 4 is 0 Å². The molecule has 1 unspecified atom stereocenters. The highest BCUT2D eigenvalue weighted by atomic mass is 15.3. The highest BCUT2D eigenvalue weighted by Gasteiger charge is 2.23. The summed E-state index contributed by atoms with van der Waals surface area (Å²) in [6.07, 6.45) is 5.24. The van der Waals surface area contributed by atoms with Gasteiger partial charge in [-0.2, -0.15) is 5.10 Å². The van der Waals surface area contributed by atoms with Crippen LogP contribution in [0.1, 0.15) is 24.9 Å². The van der Waals surface area contributed by atoms with Crippen LogP contribution in [-0.4, -0.2) is 59.4 Å². The van der Waals surface area contributed by atoms with E-state index in [9.17, 15) is 0 Å². The first-order valence-corrected chi connectivity index (χ1v) is 6.89. The van der Waals surface area contributed by atoms with Crippen LogP contribution in [0.25, 0.3) is 0 Å². The second-order valence-corrected chi connectivity index (χ2v) is 5.13. The molecule has 1 atom stereocenters. The molecule has 102 valence electrons. The van der Waals surface area contributed by atoms with Gasteiger partial charge in [0.15, 0.2) is 0 Å². The Kier molecular flexibility index (Phi) is 4.74. The van der Waals surface area contributed by atoms with Gasteiger partial charge in [-0.25, -0.2) is 0 Å². The lowest BCUT2D eigenvalue weighted by molar-refractivity contribution is 0.114. The van der Waals surface area contributed by atoms with E-state index in [0.717, 1.165) is 39.1 Å².